The number of hydrogen-bond acceptors (Lipinski definition) is 6. The van der Waals surface area contributed by atoms with E-state index in [2.05, 4.69) is 0 Å². The Morgan fingerprint density at radius 3 is 2.68 bits per heavy atom. The number of hydrogen-bond donors (Lipinski definition) is 1. The maximum Gasteiger partial charge on any atom is 0.295 e. The van der Waals surface area contributed by atoms with Crippen molar-refractivity contribution in [1.82, 2.24) is 4.90 Å². The van der Waals surface area contributed by atoms with Crippen LogP contribution in [0.3, 0.4) is 0 Å². The highest BCUT2D eigenvalue weighted by atomic mass is 19.1. The molecule has 0 bridgehead atoms. The number of nitro groups is 1. The largest absolute Gasteiger partial charge is 0.507 e. The number of carbonyl (C=O) groups excluding carboxylic acids is 2. The van der Waals surface area contributed by atoms with Gasteiger partial charge in [-0.1, -0.05) is 30.3 Å². The van der Waals surface area contributed by atoms with Gasteiger partial charge in [-0.2, -0.15) is 0 Å². The highest BCUT2D eigenvalue weighted by Crippen LogP contribution is 2.41. The summed E-state index contributed by atoms with van der Waals surface area (Å²) in [6, 6.07) is 9.59. The minimum absolute atomic E-state index is 0.00865. The number of nitro benzene ring substituents is 1. The van der Waals surface area contributed by atoms with Crippen LogP contribution in [0.5, 0.6) is 0 Å². The molecule has 160 valence electrons. The average molecular weight is 426 g/mol. The van der Waals surface area contributed by atoms with Crippen molar-refractivity contribution in [3.8, 4) is 0 Å². The fraction of sp³-hybridized carbons (Fsp3) is 0.273. The SMILES string of the molecule is O=C1C(=O)N(CC2CCCO2)C(c2ccccc2F)/C1=C(\O)c1cccc([N+](=O)[O-])c1. The van der Waals surface area contributed by atoms with Gasteiger partial charge in [-0.05, 0) is 18.9 Å². The number of carbonyl (C=O) groups is 2. The molecule has 2 aliphatic heterocycles. The van der Waals surface area contributed by atoms with Crippen LogP contribution in [0.15, 0.2) is 54.1 Å². The molecule has 2 aliphatic rings. The van der Waals surface area contributed by atoms with E-state index in [-0.39, 0.29) is 35.0 Å². The Hall–Kier alpha value is -3.59. The molecule has 0 radical (unpaired) electrons. The number of rotatable bonds is 5. The second kappa shape index (κ2) is 8.27. The molecule has 2 saturated heterocycles. The van der Waals surface area contributed by atoms with Crippen LogP contribution in [-0.2, 0) is 14.3 Å². The number of non-ortho nitro benzene ring substituents is 1. The average Bonchev–Trinajstić information content (AvgIpc) is 3.36. The zero-order valence-corrected chi connectivity index (χ0v) is 16.4. The van der Waals surface area contributed by atoms with E-state index in [1.54, 1.807) is 6.07 Å². The van der Waals surface area contributed by atoms with Crippen molar-refractivity contribution < 1.29 is 28.7 Å². The summed E-state index contributed by atoms with van der Waals surface area (Å²) in [5, 5.41) is 22.0. The van der Waals surface area contributed by atoms with Gasteiger partial charge in [0.05, 0.1) is 22.6 Å². The van der Waals surface area contributed by atoms with Gasteiger partial charge < -0.3 is 14.7 Å². The standard InChI is InChI=1S/C22H19FN2O6/c23-17-9-2-1-8-16(17)19-18(20(26)13-5-3-6-14(11-13)25(29)30)21(27)22(28)24(19)12-15-7-4-10-31-15/h1-3,5-6,8-9,11,15,19,26H,4,7,10,12H2/b20-18+. The molecule has 2 aromatic rings. The Kier molecular flexibility index (Phi) is 5.51. The van der Waals surface area contributed by atoms with Gasteiger partial charge in [0.25, 0.3) is 17.4 Å². The number of aliphatic hydroxyl groups is 1. The summed E-state index contributed by atoms with van der Waals surface area (Å²) in [6.45, 7) is 0.599. The fourth-order valence-electron chi connectivity index (χ4n) is 4.02. The van der Waals surface area contributed by atoms with Gasteiger partial charge in [0.15, 0.2) is 0 Å². The van der Waals surface area contributed by atoms with Crippen LogP contribution in [-0.4, -0.2) is 45.9 Å². The summed E-state index contributed by atoms with van der Waals surface area (Å²) in [4.78, 5) is 37.4. The Morgan fingerprint density at radius 2 is 2.00 bits per heavy atom. The molecule has 1 amide bonds. The summed E-state index contributed by atoms with van der Waals surface area (Å²) in [6.07, 6.45) is 1.20. The molecule has 9 heteroatoms. The van der Waals surface area contributed by atoms with Crippen molar-refractivity contribution in [3.63, 3.8) is 0 Å². The second-order valence-electron chi connectivity index (χ2n) is 7.42. The van der Waals surface area contributed by atoms with Gasteiger partial charge >= 0.3 is 0 Å². The summed E-state index contributed by atoms with van der Waals surface area (Å²) < 4.78 is 20.3. The molecule has 0 aromatic heterocycles. The van der Waals surface area contributed by atoms with Crippen molar-refractivity contribution in [3.05, 3.63) is 81.2 Å². The lowest BCUT2D eigenvalue weighted by Crippen LogP contribution is -2.36. The first-order valence-corrected chi connectivity index (χ1v) is 9.77. The maximum absolute atomic E-state index is 14.7. The molecule has 2 heterocycles. The highest BCUT2D eigenvalue weighted by Gasteiger charge is 2.47. The number of aliphatic hydroxyl groups excluding tert-OH is 1. The lowest BCUT2D eigenvalue weighted by atomic mass is 9.94. The Morgan fingerprint density at radius 1 is 1.23 bits per heavy atom. The number of amides is 1. The van der Waals surface area contributed by atoms with Crippen molar-refractivity contribution in [2.45, 2.75) is 25.0 Å². The molecule has 0 saturated carbocycles. The summed E-state index contributed by atoms with van der Waals surface area (Å²) in [5.41, 5.74) is -0.564. The van der Waals surface area contributed by atoms with E-state index in [4.69, 9.17) is 4.74 Å². The van der Waals surface area contributed by atoms with E-state index in [0.29, 0.717) is 13.0 Å². The van der Waals surface area contributed by atoms with Gasteiger partial charge in [-0.15, -0.1) is 0 Å². The monoisotopic (exact) mass is 426 g/mol. The highest BCUT2D eigenvalue weighted by molar-refractivity contribution is 6.46. The minimum Gasteiger partial charge on any atom is -0.507 e. The van der Waals surface area contributed by atoms with Crippen molar-refractivity contribution in [1.29, 1.82) is 0 Å². The first kappa shape index (κ1) is 20.7. The molecule has 31 heavy (non-hydrogen) atoms. The predicted molar refractivity (Wildman–Crippen MR) is 107 cm³/mol. The van der Waals surface area contributed by atoms with Crippen LogP contribution >= 0.6 is 0 Å². The van der Waals surface area contributed by atoms with Gasteiger partial charge in [-0.3, -0.25) is 19.7 Å². The van der Waals surface area contributed by atoms with Crippen LogP contribution in [0.25, 0.3) is 5.76 Å². The van der Waals surface area contributed by atoms with Gasteiger partial charge in [0, 0.05) is 36.4 Å². The number of Topliss-reactive ketones (excluding diaryl/α,β-unsaturated/α-hetero) is 1. The van der Waals surface area contributed by atoms with E-state index in [1.165, 1.54) is 41.3 Å². The van der Waals surface area contributed by atoms with Crippen molar-refractivity contribution in [2.24, 2.45) is 0 Å². The lowest BCUT2D eigenvalue weighted by Gasteiger charge is -2.27. The maximum atomic E-state index is 14.7. The molecule has 2 aromatic carbocycles. The molecule has 2 atom stereocenters. The summed E-state index contributed by atoms with van der Waals surface area (Å²) >= 11 is 0. The van der Waals surface area contributed by atoms with Crippen LogP contribution in [0.1, 0.15) is 30.0 Å². The van der Waals surface area contributed by atoms with Crippen LogP contribution in [0.4, 0.5) is 10.1 Å². The molecule has 2 fully saturated rings. The zero-order chi connectivity index (χ0) is 22.1. The third-order valence-electron chi connectivity index (χ3n) is 5.49. The molecular weight excluding hydrogens is 407 g/mol. The molecule has 4 rings (SSSR count). The van der Waals surface area contributed by atoms with Gasteiger partial charge in [0.1, 0.15) is 11.6 Å². The predicted octanol–water partition coefficient (Wildman–Crippen LogP) is 3.33. The number of halogens is 1. The van der Waals surface area contributed by atoms with E-state index < -0.39 is 34.2 Å². The van der Waals surface area contributed by atoms with E-state index in [9.17, 15) is 29.2 Å². The van der Waals surface area contributed by atoms with Gasteiger partial charge in [-0.25, -0.2) is 4.39 Å². The Bertz CT molecular complexity index is 1090. The fourth-order valence-corrected chi connectivity index (χ4v) is 4.02. The van der Waals surface area contributed by atoms with Crippen LogP contribution in [0, 0.1) is 15.9 Å². The number of benzene rings is 2. The third kappa shape index (κ3) is 3.79. The lowest BCUT2D eigenvalue weighted by molar-refractivity contribution is -0.384. The molecule has 8 nitrogen and oxygen atoms in total. The number of ketones is 1. The van der Waals surface area contributed by atoms with E-state index in [0.717, 1.165) is 12.5 Å². The molecule has 0 spiro atoms. The Labute approximate surface area is 176 Å². The van der Waals surface area contributed by atoms with Crippen molar-refractivity contribution >= 4 is 23.1 Å². The first-order valence-electron chi connectivity index (χ1n) is 9.77. The Balaban J connectivity index is 1.86. The van der Waals surface area contributed by atoms with Crippen molar-refractivity contribution in [2.75, 3.05) is 13.2 Å². The minimum atomic E-state index is -1.18. The van der Waals surface area contributed by atoms with Gasteiger partial charge in [0.2, 0.25) is 0 Å². The summed E-state index contributed by atoms with van der Waals surface area (Å²) in [7, 11) is 0. The third-order valence-corrected chi connectivity index (χ3v) is 5.49. The van der Waals surface area contributed by atoms with E-state index >= 15 is 0 Å². The number of likely N-dealkylation sites (tertiary alicyclic amines) is 1. The summed E-state index contributed by atoms with van der Waals surface area (Å²) in [5.74, 6) is -3.09. The molecule has 1 N–H and O–H groups in total. The topological polar surface area (TPSA) is 110 Å². The van der Waals surface area contributed by atoms with E-state index in [1.807, 2.05) is 0 Å². The number of nitrogens with zero attached hydrogens (tertiary/aromatic N) is 2. The quantitative estimate of drug-likeness (QED) is 0.258. The van der Waals surface area contributed by atoms with Crippen LogP contribution in [0.2, 0.25) is 0 Å². The smallest absolute Gasteiger partial charge is 0.295 e. The second-order valence-corrected chi connectivity index (χ2v) is 7.42. The van der Waals surface area contributed by atoms with Crippen LogP contribution < -0.4 is 0 Å². The molecular formula is C22H19FN2O6. The normalized spacial score (nSPS) is 22.8. The first-order chi connectivity index (χ1) is 14.9. The molecule has 0 aliphatic carbocycles. The zero-order valence-electron chi connectivity index (χ0n) is 16.4. The molecule has 2 unspecified atom stereocenters. The number of ether oxygens (including phenoxy) is 1.